The van der Waals surface area contributed by atoms with Crippen molar-refractivity contribution in [3.63, 3.8) is 0 Å². The zero-order valence-corrected chi connectivity index (χ0v) is 11.0. The van der Waals surface area contributed by atoms with Gasteiger partial charge in [0.15, 0.2) is 0 Å². The second-order valence-electron chi connectivity index (χ2n) is 5.80. The molecule has 4 N–H and O–H groups in total. The number of amides is 1. The number of nitrogens with two attached hydrogens (primary N) is 1. The monoisotopic (exact) mass is 254 g/mol. The normalized spacial score (nSPS) is 44.5. The van der Waals surface area contributed by atoms with Crippen LogP contribution in [-0.4, -0.2) is 50.8 Å². The number of hydrogen-bond donors (Lipinski definition) is 3. The molecule has 0 aromatic carbocycles. The lowest BCUT2D eigenvalue weighted by Crippen LogP contribution is -2.99. The van der Waals surface area contributed by atoms with Crippen molar-refractivity contribution in [1.82, 2.24) is 10.6 Å². The molecule has 2 heterocycles. The summed E-state index contributed by atoms with van der Waals surface area (Å²) in [5.74, 6) is 0.940. The van der Waals surface area contributed by atoms with Gasteiger partial charge in [-0.05, 0) is 12.8 Å². The summed E-state index contributed by atoms with van der Waals surface area (Å²) in [5.41, 5.74) is 0. The van der Waals surface area contributed by atoms with Gasteiger partial charge in [0, 0.05) is 32.2 Å². The van der Waals surface area contributed by atoms with Gasteiger partial charge in [0.05, 0.1) is 6.54 Å². The van der Waals surface area contributed by atoms with Gasteiger partial charge in [0.25, 0.3) is 0 Å². The van der Waals surface area contributed by atoms with Gasteiger partial charge in [-0.15, -0.1) is 0 Å². The Balaban J connectivity index is 1.80. The molecule has 5 atom stereocenters. The maximum absolute atomic E-state index is 12.1. The summed E-state index contributed by atoms with van der Waals surface area (Å²) < 4.78 is 5.64. The molecular weight excluding hydrogens is 230 g/mol. The van der Waals surface area contributed by atoms with Crippen LogP contribution in [0, 0.1) is 11.8 Å². The van der Waals surface area contributed by atoms with Crippen molar-refractivity contribution < 1.29 is 14.8 Å². The molecule has 18 heavy (non-hydrogen) atoms. The lowest BCUT2D eigenvalue weighted by molar-refractivity contribution is -0.719. The Morgan fingerprint density at radius 2 is 2.22 bits per heavy atom. The summed E-state index contributed by atoms with van der Waals surface area (Å²) >= 11 is 0. The maximum atomic E-state index is 12.1. The number of methoxy groups -OCH3 is 1. The molecule has 2 aliphatic heterocycles. The quantitative estimate of drug-likeness (QED) is 0.531. The first-order valence-electron chi connectivity index (χ1n) is 7.18. The van der Waals surface area contributed by atoms with Crippen LogP contribution in [0.2, 0.25) is 0 Å². The third-order valence-electron chi connectivity index (χ3n) is 4.95. The largest absolute Gasteiger partial charge is 0.375 e. The summed E-state index contributed by atoms with van der Waals surface area (Å²) in [7, 11) is 1.82. The van der Waals surface area contributed by atoms with Crippen LogP contribution in [0.1, 0.15) is 19.3 Å². The first kappa shape index (κ1) is 12.4. The van der Waals surface area contributed by atoms with E-state index in [2.05, 4.69) is 16.0 Å². The molecule has 0 aromatic rings. The van der Waals surface area contributed by atoms with Crippen molar-refractivity contribution >= 4 is 5.91 Å². The van der Waals surface area contributed by atoms with Gasteiger partial charge in [0.1, 0.15) is 18.1 Å². The van der Waals surface area contributed by atoms with E-state index in [9.17, 15) is 4.79 Å². The number of carbonyl (C=O) groups excluding carboxylic acids is 1. The molecular formula is C13H24N3O2+. The van der Waals surface area contributed by atoms with Crippen LogP contribution in [0.4, 0.5) is 0 Å². The Kier molecular flexibility index (Phi) is 3.54. The van der Waals surface area contributed by atoms with Crippen molar-refractivity contribution in [3.8, 4) is 0 Å². The van der Waals surface area contributed by atoms with Crippen LogP contribution < -0.4 is 16.0 Å². The Labute approximate surface area is 108 Å². The second kappa shape index (κ2) is 5.15. The highest BCUT2D eigenvalue weighted by Gasteiger charge is 2.49. The number of carbonyl (C=O) groups is 1. The molecule has 3 fully saturated rings. The minimum Gasteiger partial charge on any atom is -0.375 e. The average molecular weight is 254 g/mol. The highest BCUT2D eigenvalue weighted by Crippen LogP contribution is 2.32. The number of hydrogen-bond acceptors (Lipinski definition) is 3. The number of fused-ring (bicyclic) bond motifs is 3. The molecule has 1 amide bonds. The Bertz CT molecular complexity index is 323. The van der Waals surface area contributed by atoms with Crippen LogP contribution in [-0.2, 0) is 9.53 Å². The van der Waals surface area contributed by atoms with Gasteiger partial charge in [-0.25, -0.2) is 0 Å². The maximum Gasteiger partial charge on any atom is 0.230 e. The summed E-state index contributed by atoms with van der Waals surface area (Å²) in [6.07, 6.45) is 3.97. The lowest BCUT2D eigenvalue weighted by Gasteiger charge is -2.45. The van der Waals surface area contributed by atoms with E-state index in [1.54, 1.807) is 0 Å². The standard InChI is InChI=1S/C13H23N3O2/c1-18-10-4-2-3-8-11-9(7-16-12(8)10)13(17)15-6-5-14-11/h8-12,14,16H,2-7H2,1H3,(H,15,17)/p+1. The topological polar surface area (TPSA) is 67.0 Å². The molecule has 5 heteroatoms. The fraction of sp³-hybridized carbons (Fsp3) is 0.923. The number of quaternary nitrogens is 1. The molecule has 3 aliphatic rings. The van der Waals surface area contributed by atoms with Crippen molar-refractivity contribution in [2.45, 2.75) is 37.5 Å². The second-order valence-corrected chi connectivity index (χ2v) is 5.80. The highest BCUT2D eigenvalue weighted by molar-refractivity contribution is 5.80. The van der Waals surface area contributed by atoms with Gasteiger partial charge in [-0.2, -0.15) is 0 Å². The molecule has 1 saturated carbocycles. The lowest BCUT2D eigenvalue weighted by atomic mass is 9.71. The molecule has 2 saturated heterocycles. The molecule has 0 spiro atoms. The molecule has 0 bridgehead atoms. The SMILES string of the molecule is COC1CCCC2C3NCCNC(=O)C3C[NH2+]C12. The minimum absolute atomic E-state index is 0.129. The predicted octanol–water partition coefficient (Wildman–Crippen LogP) is -1.55. The fourth-order valence-electron chi connectivity index (χ4n) is 4.10. The molecule has 0 radical (unpaired) electrons. The van der Waals surface area contributed by atoms with Gasteiger partial charge >= 0.3 is 0 Å². The van der Waals surface area contributed by atoms with Crippen molar-refractivity contribution in [2.24, 2.45) is 11.8 Å². The van der Waals surface area contributed by atoms with E-state index in [0.717, 1.165) is 26.1 Å². The average Bonchev–Trinajstić information content (AvgIpc) is 2.60. The zero-order valence-electron chi connectivity index (χ0n) is 11.0. The fourth-order valence-corrected chi connectivity index (χ4v) is 4.10. The zero-order chi connectivity index (χ0) is 12.5. The first-order chi connectivity index (χ1) is 8.81. The van der Waals surface area contributed by atoms with E-state index in [4.69, 9.17) is 4.74 Å². The smallest absolute Gasteiger partial charge is 0.230 e. The molecule has 0 aromatic heterocycles. The molecule has 3 rings (SSSR count). The molecule has 1 aliphatic carbocycles. The Hall–Kier alpha value is -0.650. The molecule has 102 valence electrons. The van der Waals surface area contributed by atoms with E-state index in [-0.39, 0.29) is 11.8 Å². The van der Waals surface area contributed by atoms with Crippen LogP contribution in [0.25, 0.3) is 0 Å². The third kappa shape index (κ3) is 2.04. The van der Waals surface area contributed by atoms with E-state index in [1.807, 2.05) is 7.11 Å². The summed E-state index contributed by atoms with van der Waals surface area (Å²) in [4.78, 5) is 12.1. The van der Waals surface area contributed by atoms with Gasteiger partial charge < -0.3 is 20.7 Å². The van der Waals surface area contributed by atoms with E-state index >= 15 is 0 Å². The van der Waals surface area contributed by atoms with E-state index in [1.165, 1.54) is 12.8 Å². The number of piperidine rings is 1. The van der Waals surface area contributed by atoms with E-state index in [0.29, 0.717) is 24.1 Å². The van der Waals surface area contributed by atoms with E-state index < -0.39 is 0 Å². The van der Waals surface area contributed by atoms with Crippen LogP contribution in [0.3, 0.4) is 0 Å². The summed E-state index contributed by atoms with van der Waals surface area (Å²) in [6.45, 7) is 2.55. The Morgan fingerprint density at radius 3 is 3.06 bits per heavy atom. The van der Waals surface area contributed by atoms with Gasteiger partial charge in [-0.1, -0.05) is 6.42 Å². The van der Waals surface area contributed by atoms with Crippen molar-refractivity contribution in [3.05, 3.63) is 0 Å². The van der Waals surface area contributed by atoms with Crippen LogP contribution in [0.5, 0.6) is 0 Å². The van der Waals surface area contributed by atoms with Crippen molar-refractivity contribution in [1.29, 1.82) is 0 Å². The van der Waals surface area contributed by atoms with Crippen molar-refractivity contribution in [2.75, 3.05) is 26.7 Å². The molecule has 5 nitrogen and oxygen atoms in total. The van der Waals surface area contributed by atoms with Crippen LogP contribution in [0.15, 0.2) is 0 Å². The number of rotatable bonds is 1. The number of ether oxygens (including phenoxy) is 1. The predicted molar refractivity (Wildman–Crippen MR) is 67.0 cm³/mol. The number of nitrogens with one attached hydrogen (secondary N) is 2. The van der Waals surface area contributed by atoms with Gasteiger partial charge in [-0.3, -0.25) is 4.79 Å². The highest BCUT2D eigenvalue weighted by atomic mass is 16.5. The van der Waals surface area contributed by atoms with Crippen LogP contribution >= 0.6 is 0 Å². The first-order valence-corrected chi connectivity index (χ1v) is 7.18. The summed E-state index contributed by atoms with van der Waals surface area (Å²) in [5, 5.41) is 8.96. The summed E-state index contributed by atoms with van der Waals surface area (Å²) in [6, 6.07) is 0.879. The Morgan fingerprint density at radius 1 is 1.33 bits per heavy atom. The van der Waals surface area contributed by atoms with Gasteiger partial charge in [0.2, 0.25) is 5.91 Å². The molecule has 5 unspecified atom stereocenters. The third-order valence-corrected chi connectivity index (χ3v) is 4.95. The minimum atomic E-state index is 0.129.